The first-order valence-electron chi connectivity index (χ1n) is 10.5. The molecule has 0 radical (unpaired) electrons. The smallest absolute Gasteiger partial charge is 0.250 e. The Labute approximate surface area is 197 Å². The Balaban J connectivity index is 1.51. The lowest BCUT2D eigenvalue weighted by Crippen LogP contribution is -2.21. The second kappa shape index (κ2) is 10.2. The summed E-state index contributed by atoms with van der Waals surface area (Å²) in [6.07, 6.45) is 3.44. The van der Waals surface area contributed by atoms with Gasteiger partial charge in [0, 0.05) is 23.6 Å². The van der Waals surface area contributed by atoms with Crippen molar-refractivity contribution in [1.29, 1.82) is 0 Å². The van der Waals surface area contributed by atoms with Crippen molar-refractivity contribution in [2.24, 2.45) is 5.10 Å². The minimum Gasteiger partial charge on any atom is -0.272 e. The number of amides is 1. The fourth-order valence-corrected chi connectivity index (χ4v) is 3.89. The maximum absolute atomic E-state index is 12.5. The summed E-state index contributed by atoms with van der Waals surface area (Å²) in [6.45, 7) is 5.94. The van der Waals surface area contributed by atoms with Crippen LogP contribution in [0.15, 0.2) is 83.3 Å². The van der Waals surface area contributed by atoms with Crippen LogP contribution in [0.2, 0.25) is 0 Å². The number of carbonyl (C=O) groups is 1. The number of aromatic nitrogens is 4. The predicted molar refractivity (Wildman–Crippen MR) is 132 cm³/mol. The minimum absolute atomic E-state index is 0.158. The standard InChI is InChI=1S/C25H24N6OS/c1-17-4-8-20(9-5-17)19(3)27-28-23(32)16-33-25-30-29-24(21-12-14-26-15-13-21)31(25)22-10-6-18(2)7-11-22/h4-15H,16H2,1-3H3,(H,28,32)/b27-19+. The molecule has 7 nitrogen and oxygen atoms in total. The zero-order chi connectivity index (χ0) is 23.2. The molecule has 8 heteroatoms. The zero-order valence-electron chi connectivity index (χ0n) is 18.7. The number of benzene rings is 2. The fourth-order valence-electron chi connectivity index (χ4n) is 3.15. The monoisotopic (exact) mass is 456 g/mol. The molecule has 2 aromatic carbocycles. The molecule has 0 saturated heterocycles. The van der Waals surface area contributed by atoms with Crippen LogP contribution in [0.1, 0.15) is 23.6 Å². The number of aryl methyl sites for hydroxylation is 2. The van der Waals surface area contributed by atoms with Gasteiger partial charge in [-0.25, -0.2) is 5.43 Å². The quantitative estimate of drug-likeness (QED) is 0.250. The van der Waals surface area contributed by atoms with Crippen LogP contribution >= 0.6 is 11.8 Å². The maximum atomic E-state index is 12.5. The van der Waals surface area contributed by atoms with Crippen LogP contribution in [-0.2, 0) is 4.79 Å². The molecule has 0 atom stereocenters. The summed E-state index contributed by atoms with van der Waals surface area (Å²) in [5, 5.41) is 13.6. The van der Waals surface area contributed by atoms with Gasteiger partial charge in [0.1, 0.15) is 0 Å². The number of carbonyl (C=O) groups excluding carboxylic acids is 1. The van der Waals surface area contributed by atoms with E-state index in [0.29, 0.717) is 11.0 Å². The lowest BCUT2D eigenvalue weighted by molar-refractivity contribution is -0.118. The molecule has 0 fully saturated rings. The summed E-state index contributed by atoms with van der Waals surface area (Å²) in [4.78, 5) is 16.6. The van der Waals surface area contributed by atoms with Crippen molar-refractivity contribution in [2.45, 2.75) is 25.9 Å². The van der Waals surface area contributed by atoms with Crippen LogP contribution in [0.25, 0.3) is 17.1 Å². The Morgan fingerprint density at radius 1 is 0.939 bits per heavy atom. The molecule has 4 aromatic rings. The Morgan fingerprint density at radius 3 is 2.24 bits per heavy atom. The van der Waals surface area contributed by atoms with Gasteiger partial charge in [0.05, 0.1) is 11.5 Å². The number of hydrogen-bond donors (Lipinski definition) is 1. The second-order valence-corrected chi connectivity index (χ2v) is 8.54. The van der Waals surface area contributed by atoms with Crippen LogP contribution in [0.5, 0.6) is 0 Å². The first kappa shape index (κ1) is 22.4. The van der Waals surface area contributed by atoms with Crippen LogP contribution < -0.4 is 5.43 Å². The normalized spacial score (nSPS) is 11.4. The molecule has 1 amide bonds. The Kier molecular flexibility index (Phi) is 6.95. The van der Waals surface area contributed by atoms with E-state index in [4.69, 9.17) is 0 Å². The van der Waals surface area contributed by atoms with Crippen LogP contribution in [-0.4, -0.2) is 37.1 Å². The number of hydrazone groups is 1. The van der Waals surface area contributed by atoms with E-state index in [1.807, 2.05) is 86.0 Å². The molecule has 0 bridgehead atoms. The Bertz CT molecular complexity index is 1260. The summed E-state index contributed by atoms with van der Waals surface area (Å²) >= 11 is 1.31. The molecule has 2 aromatic heterocycles. The van der Waals surface area contributed by atoms with Crippen LogP contribution in [0, 0.1) is 13.8 Å². The predicted octanol–water partition coefficient (Wildman–Crippen LogP) is 4.58. The van der Waals surface area contributed by atoms with E-state index < -0.39 is 0 Å². The SMILES string of the molecule is C/C(=N\NC(=O)CSc1nnc(-c2ccncc2)n1-c1ccc(C)cc1)c1ccc(C)cc1. The van der Waals surface area contributed by atoms with E-state index in [0.717, 1.165) is 28.1 Å². The molecule has 0 unspecified atom stereocenters. The van der Waals surface area contributed by atoms with E-state index in [9.17, 15) is 4.79 Å². The number of hydrogen-bond acceptors (Lipinski definition) is 6. The average Bonchev–Trinajstić information content (AvgIpc) is 3.26. The van der Waals surface area contributed by atoms with Gasteiger partial charge in [-0.05, 0) is 50.6 Å². The lowest BCUT2D eigenvalue weighted by Gasteiger charge is -2.10. The molecular formula is C25H24N6OS. The lowest BCUT2D eigenvalue weighted by atomic mass is 10.1. The average molecular weight is 457 g/mol. The fraction of sp³-hybridized carbons (Fsp3) is 0.160. The van der Waals surface area contributed by atoms with Gasteiger partial charge in [0.15, 0.2) is 11.0 Å². The van der Waals surface area contributed by atoms with E-state index in [1.165, 1.54) is 17.3 Å². The molecule has 4 rings (SSSR count). The molecule has 0 aliphatic carbocycles. The maximum Gasteiger partial charge on any atom is 0.250 e. The molecule has 1 N–H and O–H groups in total. The topological polar surface area (TPSA) is 85.1 Å². The van der Waals surface area contributed by atoms with E-state index >= 15 is 0 Å². The van der Waals surface area contributed by atoms with Gasteiger partial charge in [-0.3, -0.25) is 14.3 Å². The van der Waals surface area contributed by atoms with Crippen molar-refractivity contribution < 1.29 is 4.79 Å². The van der Waals surface area contributed by atoms with E-state index in [2.05, 4.69) is 25.7 Å². The highest BCUT2D eigenvalue weighted by atomic mass is 32.2. The van der Waals surface area contributed by atoms with Crippen molar-refractivity contribution in [3.63, 3.8) is 0 Å². The summed E-state index contributed by atoms with van der Waals surface area (Å²) in [5.41, 5.74) is 8.50. The molecular weight excluding hydrogens is 432 g/mol. The van der Waals surface area contributed by atoms with Crippen molar-refractivity contribution in [1.82, 2.24) is 25.2 Å². The van der Waals surface area contributed by atoms with Crippen LogP contribution in [0.3, 0.4) is 0 Å². The molecule has 0 saturated carbocycles. The largest absolute Gasteiger partial charge is 0.272 e. The number of nitrogens with zero attached hydrogens (tertiary/aromatic N) is 5. The Morgan fingerprint density at radius 2 is 1.58 bits per heavy atom. The van der Waals surface area contributed by atoms with Gasteiger partial charge in [-0.2, -0.15) is 5.10 Å². The third kappa shape index (κ3) is 5.53. The van der Waals surface area contributed by atoms with Gasteiger partial charge in [-0.1, -0.05) is 59.3 Å². The molecule has 2 heterocycles. The van der Waals surface area contributed by atoms with E-state index in [1.54, 1.807) is 12.4 Å². The Hall–Kier alpha value is -3.78. The zero-order valence-corrected chi connectivity index (χ0v) is 19.5. The summed E-state index contributed by atoms with van der Waals surface area (Å²) in [7, 11) is 0. The summed E-state index contributed by atoms with van der Waals surface area (Å²) in [6, 6.07) is 19.9. The number of rotatable bonds is 7. The first-order chi connectivity index (χ1) is 16.0. The van der Waals surface area contributed by atoms with Gasteiger partial charge >= 0.3 is 0 Å². The van der Waals surface area contributed by atoms with Crippen LogP contribution in [0.4, 0.5) is 0 Å². The van der Waals surface area contributed by atoms with Crippen molar-refractivity contribution in [2.75, 3.05) is 5.75 Å². The number of pyridine rings is 1. The van der Waals surface area contributed by atoms with Crippen molar-refractivity contribution >= 4 is 23.4 Å². The third-order valence-corrected chi connectivity index (χ3v) is 5.94. The van der Waals surface area contributed by atoms with Gasteiger partial charge in [0.25, 0.3) is 5.91 Å². The second-order valence-electron chi connectivity index (χ2n) is 7.60. The van der Waals surface area contributed by atoms with Gasteiger partial charge < -0.3 is 0 Å². The third-order valence-electron chi connectivity index (χ3n) is 5.01. The molecule has 166 valence electrons. The first-order valence-corrected chi connectivity index (χ1v) is 11.5. The molecule has 0 aliphatic heterocycles. The molecule has 0 spiro atoms. The minimum atomic E-state index is -0.213. The summed E-state index contributed by atoms with van der Waals surface area (Å²) in [5.74, 6) is 0.637. The van der Waals surface area contributed by atoms with Gasteiger partial charge in [-0.15, -0.1) is 10.2 Å². The molecule has 33 heavy (non-hydrogen) atoms. The number of nitrogens with one attached hydrogen (secondary N) is 1. The highest BCUT2D eigenvalue weighted by molar-refractivity contribution is 7.99. The van der Waals surface area contributed by atoms with Crippen molar-refractivity contribution in [3.8, 4) is 17.1 Å². The van der Waals surface area contributed by atoms with E-state index in [-0.39, 0.29) is 11.7 Å². The molecule has 0 aliphatic rings. The highest BCUT2D eigenvalue weighted by Gasteiger charge is 2.17. The highest BCUT2D eigenvalue weighted by Crippen LogP contribution is 2.27. The number of thioether (sulfide) groups is 1. The summed E-state index contributed by atoms with van der Waals surface area (Å²) < 4.78 is 1.95. The van der Waals surface area contributed by atoms with Gasteiger partial charge in [0.2, 0.25) is 0 Å². The van der Waals surface area contributed by atoms with Crippen molar-refractivity contribution in [3.05, 3.63) is 89.7 Å².